The van der Waals surface area contributed by atoms with E-state index < -0.39 is 5.97 Å². The van der Waals surface area contributed by atoms with E-state index in [1.54, 1.807) is 24.3 Å². The third kappa shape index (κ3) is 4.23. The van der Waals surface area contributed by atoms with Crippen molar-refractivity contribution in [1.82, 2.24) is 9.78 Å². The summed E-state index contributed by atoms with van der Waals surface area (Å²) in [5.41, 5.74) is 4.09. The molecule has 28 heavy (non-hydrogen) atoms. The highest BCUT2D eigenvalue weighted by Gasteiger charge is 2.16. The quantitative estimate of drug-likeness (QED) is 0.653. The van der Waals surface area contributed by atoms with E-state index in [0.717, 1.165) is 17.0 Å². The van der Waals surface area contributed by atoms with Crippen molar-refractivity contribution < 1.29 is 14.3 Å². The fourth-order valence-corrected chi connectivity index (χ4v) is 3.11. The second kappa shape index (κ2) is 8.27. The number of anilines is 1. The van der Waals surface area contributed by atoms with E-state index in [9.17, 15) is 9.59 Å². The Labute approximate surface area is 168 Å². The summed E-state index contributed by atoms with van der Waals surface area (Å²) in [6.45, 7) is 4.30. The largest absolute Gasteiger partial charge is 0.465 e. The zero-order chi connectivity index (χ0) is 20.3. The smallest absolute Gasteiger partial charge is 0.337 e. The average molecular weight is 398 g/mol. The molecule has 1 aromatic heterocycles. The zero-order valence-electron chi connectivity index (χ0n) is 15.8. The summed E-state index contributed by atoms with van der Waals surface area (Å²) < 4.78 is 6.49. The predicted octanol–water partition coefficient (Wildman–Crippen LogP) is 4.24. The molecule has 0 fully saturated rings. The molecule has 3 rings (SSSR count). The maximum Gasteiger partial charge on any atom is 0.337 e. The standard InChI is InChI=1S/C21H20ClN3O3/c1-13-19(14(2)25(24-13)12-15-5-4-6-18(22)11-15)23-20(26)16-7-9-17(10-8-16)21(27)28-3/h4-11H,12H2,1-3H3,(H,23,26). The van der Waals surface area contributed by atoms with Gasteiger partial charge < -0.3 is 10.1 Å². The lowest BCUT2D eigenvalue weighted by atomic mass is 10.1. The average Bonchev–Trinajstić information content (AvgIpc) is 2.94. The monoisotopic (exact) mass is 397 g/mol. The minimum absolute atomic E-state index is 0.273. The van der Waals surface area contributed by atoms with Gasteiger partial charge >= 0.3 is 5.97 Å². The van der Waals surface area contributed by atoms with Gasteiger partial charge in [0.2, 0.25) is 0 Å². The molecule has 1 N–H and O–H groups in total. The lowest BCUT2D eigenvalue weighted by Gasteiger charge is -2.08. The van der Waals surface area contributed by atoms with Crippen molar-refractivity contribution in [3.63, 3.8) is 0 Å². The molecule has 0 bridgehead atoms. The third-order valence-electron chi connectivity index (χ3n) is 4.41. The Morgan fingerprint density at radius 1 is 1.11 bits per heavy atom. The van der Waals surface area contributed by atoms with Gasteiger partial charge in [0.15, 0.2) is 0 Å². The first-order valence-electron chi connectivity index (χ1n) is 8.67. The molecule has 7 heteroatoms. The maximum absolute atomic E-state index is 12.6. The van der Waals surface area contributed by atoms with E-state index in [1.165, 1.54) is 7.11 Å². The Bertz CT molecular complexity index is 1030. The molecule has 0 radical (unpaired) electrons. The number of esters is 1. The number of methoxy groups -OCH3 is 1. The molecule has 3 aromatic rings. The van der Waals surface area contributed by atoms with Gasteiger partial charge in [-0.3, -0.25) is 9.48 Å². The highest BCUT2D eigenvalue weighted by atomic mass is 35.5. The number of aryl methyl sites for hydroxylation is 1. The summed E-state index contributed by atoms with van der Waals surface area (Å²) in [6.07, 6.45) is 0. The van der Waals surface area contributed by atoms with E-state index in [1.807, 2.05) is 42.8 Å². The van der Waals surface area contributed by atoms with Crippen LogP contribution in [0.1, 0.15) is 37.7 Å². The van der Waals surface area contributed by atoms with Gasteiger partial charge in [-0.25, -0.2) is 4.79 Å². The molecule has 2 aromatic carbocycles. The summed E-state index contributed by atoms with van der Waals surface area (Å²) in [4.78, 5) is 24.1. The van der Waals surface area contributed by atoms with Crippen molar-refractivity contribution in [2.45, 2.75) is 20.4 Å². The molecule has 1 heterocycles. The summed E-state index contributed by atoms with van der Waals surface area (Å²) >= 11 is 6.05. The lowest BCUT2D eigenvalue weighted by molar-refractivity contribution is 0.0600. The summed E-state index contributed by atoms with van der Waals surface area (Å²) in [7, 11) is 1.32. The fourth-order valence-electron chi connectivity index (χ4n) is 2.90. The molecule has 0 unspecified atom stereocenters. The normalized spacial score (nSPS) is 10.6. The van der Waals surface area contributed by atoms with E-state index in [2.05, 4.69) is 15.2 Å². The number of rotatable bonds is 5. The van der Waals surface area contributed by atoms with Crippen molar-refractivity contribution in [3.05, 3.63) is 81.6 Å². The molecule has 6 nitrogen and oxygen atoms in total. The van der Waals surface area contributed by atoms with Crippen LogP contribution in [0.25, 0.3) is 0 Å². The Kier molecular flexibility index (Phi) is 5.80. The lowest BCUT2D eigenvalue weighted by Crippen LogP contribution is -2.14. The minimum Gasteiger partial charge on any atom is -0.465 e. The number of ether oxygens (including phenoxy) is 1. The molecule has 144 valence electrons. The van der Waals surface area contributed by atoms with Gasteiger partial charge in [0.05, 0.1) is 36.3 Å². The number of carbonyl (C=O) groups excluding carboxylic acids is 2. The molecule has 0 saturated heterocycles. The van der Waals surface area contributed by atoms with Gasteiger partial charge in [-0.1, -0.05) is 23.7 Å². The molecule has 0 atom stereocenters. The predicted molar refractivity (Wildman–Crippen MR) is 108 cm³/mol. The van der Waals surface area contributed by atoms with Gasteiger partial charge in [0, 0.05) is 10.6 Å². The number of benzene rings is 2. The van der Waals surface area contributed by atoms with Gasteiger partial charge in [0.1, 0.15) is 0 Å². The number of hydrogen-bond acceptors (Lipinski definition) is 4. The first kappa shape index (κ1) is 19.6. The molecule has 1 amide bonds. The summed E-state index contributed by atoms with van der Waals surface area (Å²) in [5.74, 6) is -0.717. The van der Waals surface area contributed by atoms with Crippen molar-refractivity contribution in [1.29, 1.82) is 0 Å². The van der Waals surface area contributed by atoms with Crippen LogP contribution >= 0.6 is 11.6 Å². The maximum atomic E-state index is 12.6. The van der Waals surface area contributed by atoms with Gasteiger partial charge in [-0.15, -0.1) is 0 Å². The topological polar surface area (TPSA) is 73.2 Å². The van der Waals surface area contributed by atoms with Crippen LogP contribution in [0.3, 0.4) is 0 Å². The van der Waals surface area contributed by atoms with Gasteiger partial charge in [0.25, 0.3) is 5.91 Å². The van der Waals surface area contributed by atoms with Crippen LogP contribution in [0.4, 0.5) is 5.69 Å². The molecule has 0 aliphatic carbocycles. The molecular weight excluding hydrogens is 378 g/mol. The molecule has 0 spiro atoms. The molecule has 0 aliphatic rings. The Balaban J connectivity index is 1.78. The van der Waals surface area contributed by atoms with Crippen molar-refractivity contribution >= 4 is 29.2 Å². The van der Waals surface area contributed by atoms with Crippen LogP contribution in [0.2, 0.25) is 5.02 Å². The first-order valence-corrected chi connectivity index (χ1v) is 9.05. The van der Waals surface area contributed by atoms with Crippen LogP contribution in [0.5, 0.6) is 0 Å². The highest BCUT2D eigenvalue weighted by molar-refractivity contribution is 6.30. The second-order valence-electron chi connectivity index (χ2n) is 6.36. The van der Waals surface area contributed by atoms with E-state index >= 15 is 0 Å². The van der Waals surface area contributed by atoms with Crippen molar-refractivity contribution in [2.75, 3.05) is 12.4 Å². The number of amides is 1. The van der Waals surface area contributed by atoms with Crippen LogP contribution in [-0.2, 0) is 11.3 Å². The molecule has 0 aliphatic heterocycles. The Morgan fingerprint density at radius 3 is 2.43 bits per heavy atom. The van der Waals surface area contributed by atoms with E-state index in [4.69, 9.17) is 11.6 Å². The van der Waals surface area contributed by atoms with Gasteiger partial charge in [-0.2, -0.15) is 5.10 Å². The third-order valence-corrected chi connectivity index (χ3v) is 4.64. The summed E-state index contributed by atoms with van der Waals surface area (Å²) in [6, 6.07) is 13.9. The van der Waals surface area contributed by atoms with Crippen LogP contribution in [-0.4, -0.2) is 28.8 Å². The number of carbonyl (C=O) groups is 2. The number of halogens is 1. The van der Waals surface area contributed by atoms with E-state index in [0.29, 0.717) is 28.4 Å². The van der Waals surface area contributed by atoms with E-state index in [-0.39, 0.29) is 5.91 Å². The van der Waals surface area contributed by atoms with Crippen molar-refractivity contribution in [2.24, 2.45) is 0 Å². The van der Waals surface area contributed by atoms with Gasteiger partial charge in [-0.05, 0) is 55.8 Å². The number of nitrogens with zero attached hydrogens (tertiary/aromatic N) is 2. The number of aromatic nitrogens is 2. The second-order valence-corrected chi connectivity index (χ2v) is 6.79. The molecule has 0 saturated carbocycles. The van der Waals surface area contributed by atoms with Crippen LogP contribution in [0, 0.1) is 13.8 Å². The minimum atomic E-state index is -0.444. The Morgan fingerprint density at radius 2 is 1.79 bits per heavy atom. The Hall–Kier alpha value is -3.12. The fraction of sp³-hybridized carbons (Fsp3) is 0.190. The highest BCUT2D eigenvalue weighted by Crippen LogP contribution is 2.22. The van der Waals surface area contributed by atoms with Crippen LogP contribution in [0.15, 0.2) is 48.5 Å². The first-order chi connectivity index (χ1) is 13.4. The summed E-state index contributed by atoms with van der Waals surface area (Å²) in [5, 5.41) is 8.11. The number of nitrogens with one attached hydrogen (secondary N) is 1. The van der Waals surface area contributed by atoms with Crippen LogP contribution < -0.4 is 5.32 Å². The zero-order valence-corrected chi connectivity index (χ0v) is 16.6. The SMILES string of the molecule is COC(=O)c1ccc(C(=O)Nc2c(C)nn(Cc3cccc(Cl)c3)c2C)cc1. The number of hydrogen-bond donors (Lipinski definition) is 1. The molecular formula is C21H20ClN3O3. The van der Waals surface area contributed by atoms with Crippen molar-refractivity contribution in [3.8, 4) is 0 Å².